The summed E-state index contributed by atoms with van der Waals surface area (Å²) in [5.74, 6) is 2.32. The number of aromatic nitrogens is 2. The van der Waals surface area contributed by atoms with Gasteiger partial charge in [-0.1, -0.05) is 32.3 Å². The highest BCUT2D eigenvalue weighted by atomic mass is 16.5. The van der Waals surface area contributed by atoms with Gasteiger partial charge in [-0.2, -0.15) is 4.98 Å². The van der Waals surface area contributed by atoms with Crippen LogP contribution >= 0.6 is 0 Å². The summed E-state index contributed by atoms with van der Waals surface area (Å²) < 4.78 is 11.2. The first-order chi connectivity index (χ1) is 9.47. The Labute approximate surface area is 121 Å². The first-order valence-electron chi connectivity index (χ1n) is 7.61. The Hall–Kier alpha value is -0.940. The van der Waals surface area contributed by atoms with Crippen LogP contribution in [0.4, 0.5) is 0 Å². The molecule has 1 aliphatic rings. The summed E-state index contributed by atoms with van der Waals surface area (Å²) in [7, 11) is 1.74. The predicted octanol–water partition coefficient (Wildman–Crippen LogP) is 3.17. The van der Waals surface area contributed by atoms with Gasteiger partial charge in [-0.05, 0) is 37.5 Å². The molecule has 1 aliphatic carbocycles. The van der Waals surface area contributed by atoms with E-state index in [1.807, 2.05) is 0 Å². The van der Waals surface area contributed by atoms with Crippen molar-refractivity contribution in [2.75, 3.05) is 7.11 Å². The van der Waals surface area contributed by atoms with Gasteiger partial charge in [-0.25, -0.2) is 0 Å². The van der Waals surface area contributed by atoms with E-state index < -0.39 is 5.60 Å². The van der Waals surface area contributed by atoms with E-state index in [0.717, 1.165) is 25.7 Å². The minimum Gasteiger partial charge on any atom is -0.370 e. The van der Waals surface area contributed by atoms with Crippen molar-refractivity contribution in [3.8, 4) is 0 Å². The van der Waals surface area contributed by atoms with Crippen molar-refractivity contribution < 1.29 is 9.26 Å². The minimum atomic E-state index is -0.392. The molecule has 2 rings (SSSR count). The quantitative estimate of drug-likeness (QED) is 0.897. The molecule has 0 aromatic carbocycles. The predicted molar refractivity (Wildman–Crippen MR) is 77.0 cm³/mol. The first-order valence-corrected chi connectivity index (χ1v) is 7.61. The minimum absolute atomic E-state index is 0.189. The fourth-order valence-corrected chi connectivity index (χ4v) is 3.16. The van der Waals surface area contributed by atoms with Gasteiger partial charge < -0.3 is 15.0 Å². The summed E-state index contributed by atoms with van der Waals surface area (Å²) in [4.78, 5) is 4.54. The zero-order chi connectivity index (χ0) is 14.8. The molecule has 0 spiro atoms. The molecule has 1 saturated carbocycles. The van der Waals surface area contributed by atoms with Crippen LogP contribution in [0, 0.1) is 11.8 Å². The number of nitrogens with zero attached hydrogens (tertiary/aromatic N) is 2. The van der Waals surface area contributed by atoms with E-state index >= 15 is 0 Å². The number of nitrogens with two attached hydrogens (primary N) is 1. The molecule has 5 nitrogen and oxygen atoms in total. The van der Waals surface area contributed by atoms with Gasteiger partial charge in [-0.3, -0.25) is 0 Å². The Bertz CT molecular complexity index is 433. The maximum absolute atomic E-state index is 6.11. The standard InChI is InChI=1S/C15H27N3O2/c1-10(2)8-12(16)13-17-14(18-20-13)15(19-4)7-5-6-11(3)9-15/h10-12H,5-9,16H2,1-4H3. The van der Waals surface area contributed by atoms with Crippen LogP contribution in [0.15, 0.2) is 4.52 Å². The molecule has 3 unspecified atom stereocenters. The zero-order valence-corrected chi connectivity index (χ0v) is 13.1. The van der Waals surface area contributed by atoms with Crippen LogP contribution < -0.4 is 5.73 Å². The molecule has 0 aliphatic heterocycles. The number of ether oxygens (including phenoxy) is 1. The van der Waals surface area contributed by atoms with E-state index in [4.69, 9.17) is 15.0 Å². The molecule has 114 valence electrons. The molecule has 20 heavy (non-hydrogen) atoms. The Kier molecular flexibility index (Phi) is 4.81. The van der Waals surface area contributed by atoms with Gasteiger partial charge in [0.25, 0.3) is 0 Å². The average molecular weight is 281 g/mol. The Morgan fingerprint density at radius 2 is 2.25 bits per heavy atom. The molecule has 1 aromatic heterocycles. The highest BCUT2D eigenvalue weighted by Gasteiger charge is 2.41. The van der Waals surface area contributed by atoms with E-state index in [1.54, 1.807) is 7.11 Å². The van der Waals surface area contributed by atoms with Crippen LogP contribution in [0.3, 0.4) is 0 Å². The Balaban J connectivity index is 2.17. The SMILES string of the molecule is COC1(c2noc(C(N)CC(C)C)n2)CCCC(C)C1. The number of rotatable bonds is 5. The molecule has 2 N–H and O–H groups in total. The topological polar surface area (TPSA) is 74.2 Å². The van der Waals surface area contributed by atoms with Crippen molar-refractivity contribution in [3.05, 3.63) is 11.7 Å². The molecule has 1 aromatic rings. The van der Waals surface area contributed by atoms with Crippen molar-refractivity contribution in [2.24, 2.45) is 17.6 Å². The highest BCUT2D eigenvalue weighted by molar-refractivity contribution is 5.05. The smallest absolute Gasteiger partial charge is 0.243 e. The fraction of sp³-hybridized carbons (Fsp3) is 0.867. The second-order valence-corrected chi connectivity index (χ2v) is 6.59. The van der Waals surface area contributed by atoms with Crippen LogP contribution in [0.25, 0.3) is 0 Å². The largest absolute Gasteiger partial charge is 0.370 e. The lowest BCUT2D eigenvalue weighted by molar-refractivity contribution is -0.0658. The molecule has 1 heterocycles. The van der Waals surface area contributed by atoms with Crippen LogP contribution in [0.2, 0.25) is 0 Å². The second-order valence-electron chi connectivity index (χ2n) is 6.59. The van der Waals surface area contributed by atoms with Crippen LogP contribution in [-0.2, 0) is 10.3 Å². The lowest BCUT2D eigenvalue weighted by atomic mass is 9.78. The van der Waals surface area contributed by atoms with Gasteiger partial charge in [0.2, 0.25) is 11.7 Å². The maximum atomic E-state index is 6.11. The lowest BCUT2D eigenvalue weighted by Crippen LogP contribution is -2.35. The second kappa shape index (κ2) is 6.22. The zero-order valence-electron chi connectivity index (χ0n) is 13.1. The molecule has 3 atom stereocenters. The van der Waals surface area contributed by atoms with Gasteiger partial charge in [0.1, 0.15) is 5.60 Å². The summed E-state index contributed by atoms with van der Waals surface area (Å²) in [5, 5.41) is 4.15. The van der Waals surface area contributed by atoms with E-state index in [-0.39, 0.29) is 6.04 Å². The van der Waals surface area contributed by atoms with Crippen molar-refractivity contribution >= 4 is 0 Å². The van der Waals surface area contributed by atoms with Gasteiger partial charge in [0.15, 0.2) is 0 Å². The molecule has 5 heteroatoms. The third-order valence-corrected chi connectivity index (χ3v) is 4.24. The van der Waals surface area contributed by atoms with E-state index in [2.05, 4.69) is 30.9 Å². The van der Waals surface area contributed by atoms with E-state index in [9.17, 15) is 0 Å². The Morgan fingerprint density at radius 1 is 1.50 bits per heavy atom. The molecule has 0 radical (unpaired) electrons. The van der Waals surface area contributed by atoms with Gasteiger partial charge >= 0.3 is 0 Å². The number of hydrogen-bond donors (Lipinski definition) is 1. The first kappa shape index (κ1) is 15.4. The molecular formula is C15H27N3O2. The highest BCUT2D eigenvalue weighted by Crippen LogP contribution is 2.41. The summed E-state index contributed by atoms with van der Waals surface area (Å²) in [5.41, 5.74) is 5.72. The summed E-state index contributed by atoms with van der Waals surface area (Å²) in [6.07, 6.45) is 5.12. The number of methoxy groups -OCH3 is 1. The lowest BCUT2D eigenvalue weighted by Gasteiger charge is -2.36. The maximum Gasteiger partial charge on any atom is 0.243 e. The molecule has 0 saturated heterocycles. The molecule has 0 amide bonds. The average Bonchev–Trinajstić information content (AvgIpc) is 2.88. The third kappa shape index (κ3) is 3.20. The Morgan fingerprint density at radius 3 is 2.85 bits per heavy atom. The third-order valence-electron chi connectivity index (χ3n) is 4.24. The summed E-state index contributed by atoms with van der Waals surface area (Å²) >= 11 is 0. The van der Waals surface area contributed by atoms with Crippen molar-refractivity contribution in [1.82, 2.24) is 10.1 Å². The fourth-order valence-electron chi connectivity index (χ4n) is 3.16. The summed E-state index contributed by atoms with van der Waals surface area (Å²) in [6.45, 7) is 6.52. The normalized spacial score (nSPS) is 28.8. The summed E-state index contributed by atoms with van der Waals surface area (Å²) in [6, 6.07) is -0.189. The monoisotopic (exact) mass is 281 g/mol. The van der Waals surface area contributed by atoms with Gasteiger partial charge in [0, 0.05) is 7.11 Å². The van der Waals surface area contributed by atoms with Crippen LogP contribution in [-0.4, -0.2) is 17.3 Å². The van der Waals surface area contributed by atoms with Crippen LogP contribution in [0.5, 0.6) is 0 Å². The van der Waals surface area contributed by atoms with E-state index in [1.165, 1.54) is 6.42 Å². The molecular weight excluding hydrogens is 254 g/mol. The van der Waals surface area contributed by atoms with Crippen LogP contribution in [0.1, 0.15) is 70.6 Å². The van der Waals surface area contributed by atoms with E-state index in [0.29, 0.717) is 23.6 Å². The van der Waals surface area contributed by atoms with Gasteiger partial charge in [0.05, 0.1) is 6.04 Å². The van der Waals surface area contributed by atoms with Crippen molar-refractivity contribution in [3.63, 3.8) is 0 Å². The number of hydrogen-bond acceptors (Lipinski definition) is 5. The molecule has 0 bridgehead atoms. The van der Waals surface area contributed by atoms with Crippen molar-refractivity contribution in [1.29, 1.82) is 0 Å². The van der Waals surface area contributed by atoms with Crippen molar-refractivity contribution in [2.45, 2.75) is 64.5 Å². The molecule has 1 fully saturated rings. The van der Waals surface area contributed by atoms with Gasteiger partial charge in [-0.15, -0.1) is 0 Å².